The topological polar surface area (TPSA) is 79.8 Å². The van der Waals surface area contributed by atoms with Crippen LogP contribution >= 0.6 is 35.6 Å². The molecule has 0 bridgehead atoms. The van der Waals surface area contributed by atoms with Crippen molar-refractivity contribution in [2.24, 2.45) is 4.99 Å². The van der Waals surface area contributed by atoms with Gasteiger partial charge in [0.25, 0.3) is 0 Å². The van der Waals surface area contributed by atoms with E-state index in [0.717, 1.165) is 12.1 Å². The van der Waals surface area contributed by atoms with E-state index < -0.39 is 9.84 Å². The van der Waals surface area contributed by atoms with Crippen LogP contribution in [0.15, 0.2) is 29.3 Å². The summed E-state index contributed by atoms with van der Waals surface area (Å²) in [6, 6.07) is 7.58. The lowest BCUT2D eigenvalue weighted by Crippen LogP contribution is -2.39. The molecule has 0 saturated carbocycles. The summed E-state index contributed by atoms with van der Waals surface area (Å²) < 4.78 is 27.2. The molecule has 2 N–H and O–H groups in total. The molecule has 0 amide bonds. The fourth-order valence-corrected chi connectivity index (χ4v) is 2.30. The van der Waals surface area contributed by atoms with E-state index in [-0.39, 0.29) is 36.3 Å². The van der Waals surface area contributed by atoms with Crippen molar-refractivity contribution in [2.75, 3.05) is 38.3 Å². The molecule has 24 heavy (non-hydrogen) atoms. The van der Waals surface area contributed by atoms with E-state index in [4.69, 9.17) is 16.3 Å². The number of guanidine groups is 1. The minimum absolute atomic E-state index is 0. The van der Waals surface area contributed by atoms with Crippen LogP contribution < -0.4 is 10.6 Å². The van der Waals surface area contributed by atoms with Gasteiger partial charge in [-0.2, -0.15) is 0 Å². The van der Waals surface area contributed by atoms with Crippen molar-refractivity contribution in [1.29, 1.82) is 0 Å². The zero-order valence-electron chi connectivity index (χ0n) is 13.9. The third kappa shape index (κ3) is 11.1. The number of hydrogen-bond donors (Lipinski definition) is 2. The van der Waals surface area contributed by atoms with Gasteiger partial charge in [-0.25, -0.2) is 13.4 Å². The first-order valence-corrected chi connectivity index (χ1v) is 9.87. The lowest BCUT2D eigenvalue weighted by atomic mass is 10.2. The van der Waals surface area contributed by atoms with Crippen molar-refractivity contribution in [3.8, 4) is 0 Å². The van der Waals surface area contributed by atoms with Crippen molar-refractivity contribution in [3.05, 3.63) is 34.9 Å². The first-order chi connectivity index (χ1) is 10.9. The zero-order chi connectivity index (χ0) is 17.1. The Morgan fingerprint density at radius 1 is 1.25 bits per heavy atom. The van der Waals surface area contributed by atoms with E-state index in [9.17, 15) is 8.42 Å². The summed E-state index contributed by atoms with van der Waals surface area (Å²) >= 11 is 6.10. The number of rotatable bonds is 9. The average Bonchev–Trinajstić information content (AvgIpc) is 2.48. The van der Waals surface area contributed by atoms with Gasteiger partial charge in [-0.1, -0.05) is 29.8 Å². The summed E-state index contributed by atoms with van der Waals surface area (Å²) in [4.78, 5) is 4.46. The molecule has 0 spiro atoms. The molecule has 1 aromatic rings. The van der Waals surface area contributed by atoms with E-state index in [1.807, 2.05) is 31.2 Å². The number of ether oxygens (including phenoxy) is 1. The maximum absolute atomic E-state index is 11.0. The molecule has 0 saturated heterocycles. The van der Waals surface area contributed by atoms with E-state index >= 15 is 0 Å². The highest BCUT2D eigenvalue weighted by atomic mass is 127. The van der Waals surface area contributed by atoms with Gasteiger partial charge < -0.3 is 15.4 Å². The maximum Gasteiger partial charge on any atom is 0.191 e. The van der Waals surface area contributed by atoms with Gasteiger partial charge >= 0.3 is 0 Å². The number of sulfone groups is 1. The minimum Gasteiger partial charge on any atom is -0.379 e. The van der Waals surface area contributed by atoms with Crippen LogP contribution in [0.1, 0.15) is 12.5 Å². The molecule has 0 fully saturated rings. The second kappa shape index (κ2) is 12.7. The van der Waals surface area contributed by atoms with Crippen molar-refractivity contribution in [2.45, 2.75) is 13.5 Å². The first-order valence-electron chi connectivity index (χ1n) is 7.43. The van der Waals surface area contributed by atoms with Crippen LogP contribution in [0, 0.1) is 0 Å². The number of hydrogen-bond acceptors (Lipinski definition) is 4. The zero-order valence-corrected chi connectivity index (χ0v) is 17.8. The third-order valence-electron chi connectivity index (χ3n) is 2.85. The van der Waals surface area contributed by atoms with Gasteiger partial charge in [-0.3, -0.25) is 0 Å². The molecule has 0 heterocycles. The largest absolute Gasteiger partial charge is 0.379 e. The van der Waals surface area contributed by atoms with Crippen LogP contribution in [-0.4, -0.2) is 52.7 Å². The Morgan fingerprint density at radius 3 is 2.58 bits per heavy atom. The summed E-state index contributed by atoms with van der Waals surface area (Å²) in [7, 11) is -2.97. The quantitative estimate of drug-likeness (QED) is 0.240. The van der Waals surface area contributed by atoms with Gasteiger partial charge in [0.1, 0.15) is 9.84 Å². The summed E-state index contributed by atoms with van der Waals surface area (Å²) in [6.45, 7) is 4.35. The van der Waals surface area contributed by atoms with Crippen molar-refractivity contribution in [1.82, 2.24) is 10.6 Å². The molecule has 1 aromatic carbocycles. The Balaban J connectivity index is 0.00000529. The van der Waals surface area contributed by atoms with Crippen molar-refractivity contribution >= 4 is 51.4 Å². The summed E-state index contributed by atoms with van der Waals surface area (Å²) in [5.41, 5.74) is 0.954. The molecule has 0 aliphatic heterocycles. The SMILES string of the molecule is CCNC(=NCc1ccccc1Cl)NCCOCCS(C)(=O)=O.I. The van der Waals surface area contributed by atoms with E-state index in [0.29, 0.717) is 30.7 Å². The fourth-order valence-electron chi connectivity index (χ4n) is 1.69. The third-order valence-corrected chi connectivity index (χ3v) is 4.12. The molecule has 0 aliphatic rings. The van der Waals surface area contributed by atoms with Crippen LogP contribution in [0.4, 0.5) is 0 Å². The highest BCUT2D eigenvalue weighted by molar-refractivity contribution is 14.0. The molecule has 6 nitrogen and oxygen atoms in total. The highest BCUT2D eigenvalue weighted by Crippen LogP contribution is 2.15. The van der Waals surface area contributed by atoms with E-state index in [1.54, 1.807) is 0 Å². The van der Waals surface area contributed by atoms with E-state index in [2.05, 4.69) is 15.6 Å². The highest BCUT2D eigenvalue weighted by Gasteiger charge is 2.02. The number of halogens is 2. The van der Waals surface area contributed by atoms with Crippen LogP contribution in [0.5, 0.6) is 0 Å². The van der Waals surface area contributed by atoms with Gasteiger partial charge in [0.15, 0.2) is 5.96 Å². The van der Waals surface area contributed by atoms with Crippen LogP contribution in [-0.2, 0) is 21.1 Å². The second-order valence-corrected chi connectivity index (χ2v) is 7.62. The number of benzene rings is 1. The summed E-state index contributed by atoms with van der Waals surface area (Å²) in [5.74, 6) is 0.701. The molecule has 138 valence electrons. The van der Waals surface area contributed by atoms with Gasteiger partial charge in [0, 0.05) is 24.4 Å². The monoisotopic (exact) mass is 489 g/mol. The van der Waals surface area contributed by atoms with Gasteiger partial charge in [-0.15, -0.1) is 24.0 Å². The molecule has 1 rings (SSSR count). The molecule has 0 aliphatic carbocycles. The lowest BCUT2D eigenvalue weighted by Gasteiger charge is -2.11. The number of nitrogens with one attached hydrogen (secondary N) is 2. The molecule has 0 atom stereocenters. The Hall–Kier alpha value is -0.580. The Labute approximate surface area is 166 Å². The van der Waals surface area contributed by atoms with Crippen LogP contribution in [0.25, 0.3) is 0 Å². The standard InChI is InChI=1S/C15H24ClN3O3S.HI/c1-3-17-15(18-8-9-22-10-11-23(2,20)21)19-12-13-6-4-5-7-14(13)16;/h4-7H,3,8-12H2,1-2H3,(H2,17,18,19);1H. The predicted molar refractivity (Wildman–Crippen MR) is 110 cm³/mol. The fraction of sp³-hybridized carbons (Fsp3) is 0.533. The molecular formula is C15H25ClIN3O3S. The van der Waals surface area contributed by atoms with E-state index in [1.165, 1.54) is 6.26 Å². The van der Waals surface area contributed by atoms with Crippen molar-refractivity contribution < 1.29 is 13.2 Å². The summed E-state index contributed by atoms with van der Waals surface area (Å²) in [5, 5.41) is 6.95. The Bertz CT molecular complexity index is 612. The van der Waals surface area contributed by atoms with Crippen LogP contribution in [0.2, 0.25) is 5.02 Å². The molecule has 0 aromatic heterocycles. The predicted octanol–water partition coefficient (Wildman–Crippen LogP) is 2.07. The molecule has 0 unspecified atom stereocenters. The van der Waals surface area contributed by atoms with Gasteiger partial charge in [-0.05, 0) is 18.6 Å². The number of aliphatic imine (C=N–C) groups is 1. The van der Waals surface area contributed by atoms with Crippen molar-refractivity contribution in [3.63, 3.8) is 0 Å². The van der Waals surface area contributed by atoms with Gasteiger partial charge in [0.05, 0.1) is 25.5 Å². The lowest BCUT2D eigenvalue weighted by molar-refractivity contribution is 0.154. The second-order valence-electron chi connectivity index (χ2n) is 4.96. The molecule has 0 radical (unpaired) electrons. The average molecular weight is 490 g/mol. The van der Waals surface area contributed by atoms with Gasteiger partial charge in [0.2, 0.25) is 0 Å². The Kier molecular flexibility index (Phi) is 12.4. The smallest absolute Gasteiger partial charge is 0.191 e. The summed E-state index contributed by atoms with van der Waals surface area (Å²) in [6.07, 6.45) is 1.19. The minimum atomic E-state index is -2.97. The normalized spacial score (nSPS) is 11.7. The maximum atomic E-state index is 11.0. The van der Waals surface area contributed by atoms with Crippen LogP contribution in [0.3, 0.4) is 0 Å². The molecular weight excluding hydrogens is 465 g/mol. The Morgan fingerprint density at radius 2 is 1.96 bits per heavy atom. The molecule has 9 heteroatoms. The first kappa shape index (κ1) is 23.4. The number of nitrogens with zero attached hydrogens (tertiary/aromatic N) is 1.